The fourth-order valence-electron chi connectivity index (χ4n) is 4.31. The van der Waals surface area contributed by atoms with Crippen LogP contribution in [0.2, 0.25) is 0 Å². The molecule has 3 heterocycles. The van der Waals surface area contributed by atoms with Crippen LogP contribution in [0.3, 0.4) is 0 Å². The fraction of sp³-hybridized carbons (Fsp3) is 0.0952. The van der Waals surface area contributed by atoms with Gasteiger partial charge in [-0.2, -0.15) is 5.26 Å². The first-order chi connectivity index (χ1) is 14.3. The van der Waals surface area contributed by atoms with E-state index >= 15 is 0 Å². The van der Waals surface area contributed by atoms with Crippen LogP contribution < -0.4 is 21.4 Å². The third-order valence-electron chi connectivity index (χ3n) is 5.46. The molecule has 148 valence electrons. The second kappa shape index (κ2) is 5.87. The Kier molecular flexibility index (Phi) is 3.58. The molecule has 4 N–H and O–H groups in total. The summed E-state index contributed by atoms with van der Waals surface area (Å²) >= 11 is 3.40. The van der Waals surface area contributed by atoms with Crippen molar-refractivity contribution in [3.05, 3.63) is 73.4 Å². The largest absolute Gasteiger partial charge is 0.507 e. The number of fused-ring (bicyclic) bond motifs is 6. The zero-order valence-corrected chi connectivity index (χ0v) is 17.0. The first-order valence-electron chi connectivity index (χ1n) is 8.79. The lowest BCUT2D eigenvalue weighted by molar-refractivity contribution is -0.118. The van der Waals surface area contributed by atoms with Crippen LogP contribution in [-0.4, -0.2) is 11.0 Å². The molecular formula is C21H12BrN3O5. The van der Waals surface area contributed by atoms with Crippen LogP contribution >= 0.6 is 15.9 Å². The van der Waals surface area contributed by atoms with Crippen molar-refractivity contribution < 1.29 is 19.1 Å². The SMILES string of the molecule is Cc1cc(=O)oc2cc(O)c3c(c12)OC(N)=C(C#N)C31C(=O)Nc2ccc(Br)cc21. The maximum absolute atomic E-state index is 13.4. The minimum Gasteiger partial charge on any atom is -0.507 e. The molecule has 0 radical (unpaired) electrons. The van der Waals surface area contributed by atoms with E-state index in [1.165, 1.54) is 12.1 Å². The molecule has 30 heavy (non-hydrogen) atoms. The molecule has 2 aliphatic heterocycles. The van der Waals surface area contributed by atoms with E-state index in [1.807, 2.05) is 6.07 Å². The number of hydrogen-bond donors (Lipinski definition) is 3. The first kappa shape index (κ1) is 18.3. The van der Waals surface area contributed by atoms with E-state index in [4.69, 9.17) is 14.9 Å². The molecule has 1 amide bonds. The van der Waals surface area contributed by atoms with Crippen molar-refractivity contribution in [1.29, 1.82) is 5.26 Å². The summed E-state index contributed by atoms with van der Waals surface area (Å²) in [4.78, 5) is 25.2. The number of halogens is 1. The number of nitrogens with two attached hydrogens (primary N) is 1. The van der Waals surface area contributed by atoms with Gasteiger partial charge in [-0.25, -0.2) is 4.79 Å². The van der Waals surface area contributed by atoms with E-state index in [-0.39, 0.29) is 34.1 Å². The van der Waals surface area contributed by atoms with Crippen molar-refractivity contribution in [2.24, 2.45) is 5.73 Å². The van der Waals surface area contributed by atoms with Crippen LogP contribution in [0, 0.1) is 18.3 Å². The van der Waals surface area contributed by atoms with E-state index in [9.17, 15) is 20.0 Å². The summed E-state index contributed by atoms with van der Waals surface area (Å²) in [6.07, 6.45) is 0. The summed E-state index contributed by atoms with van der Waals surface area (Å²) in [5, 5.41) is 24.0. The highest BCUT2D eigenvalue weighted by Crippen LogP contribution is 2.58. The van der Waals surface area contributed by atoms with Crippen LogP contribution in [0.25, 0.3) is 11.0 Å². The van der Waals surface area contributed by atoms with Crippen molar-refractivity contribution in [3.63, 3.8) is 0 Å². The Morgan fingerprint density at radius 1 is 1.27 bits per heavy atom. The Hall–Kier alpha value is -3.77. The second-order valence-electron chi connectivity index (χ2n) is 7.07. The van der Waals surface area contributed by atoms with Gasteiger partial charge in [0.05, 0.1) is 10.9 Å². The number of carbonyl (C=O) groups is 1. The highest BCUT2D eigenvalue weighted by Gasteiger charge is 2.58. The number of aromatic hydroxyl groups is 1. The van der Waals surface area contributed by atoms with Gasteiger partial charge in [-0.3, -0.25) is 4.79 Å². The van der Waals surface area contributed by atoms with Gasteiger partial charge in [0, 0.05) is 27.9 Å². The highest BCUT2D eigenvalue weighted by atomic mass is 79.9. The number of anilines is 1. The standard InChI is InChI=1S/C21H12BrN3O5/c1-8-4-15(27)29-14-6-13(26)17-18(16(8)14)30-19(24)11(7-23)21(17)10-5-9(22)2-3-12(10)25-20(21)28/h2-6,26H,24H2,1H3,(H,25,28). The molecule has 2 aromatic carbocycles. The molecule has 2 aliphatic rings. The summed E-state index contributed by atoms with van der Waals surface area (Å²) in [5.74, 6) is -1.13. The van der Waals surface area contributed by atoms with Crippen LogP contribution in [0.5, 0.6) is 11.5 Å². The predicted molar refractivity (Wildman–Crippen MR) is 110 cm³/mol. The average molecular weight is 466 g/mol. The monoisotopic (exact) mass is 465 g/mol. The van der Waals surface area contributed by atoms with E-state index in [1.54, 1.807) is 25.1 Å². The van der Waals surface area contributed by atoms with E-state index in [0.717, 1.165) is 0 Å². The summed E-state index contributed by atoms with van der Waals surface area (Å²) < 4.78 is 11.6. The topological polar surface area (TPSA) is 139 Å². The van der Waals surface area contributed by atoms with Gasteiger partial charge >= 0.3 is 5.63 Å². The van der Waals surface area contributed by atoms with Crippen LogP contribution in [0.4, 0.5) is 5.69 Å². The van der Waals surface area contributed by atoms with Crippen molar-refractivity contribution in [2.75, 3.05) is 5.32 Å². The summed E-state index contributed by atoms with van der Waals surface area (Å²) in [6.45, 7) is 1.67. The number of carbonyl (C=O) groups excluding carboxylic acids is 1. The van der Waals surface area contributed by atoms with Gasteiger partial charge in [0.2, 0.25) is 11.8 Å². The zero-order valence-electron chi connectivity index (χ0n) is 15.4. The molecule has 1 atom stereocenters. The minimum atomic E-state index is -1.73. The Bertz CT molecular complexity index is 1450. The fourth-order valence-corrected chi connectivity index (χ4v) is 4.67. The number of amides is 1. The lowest BCUT2D eigenvalue weighted by Gasteiger charge is -2.34. The summed E-state index contributed by atoms with van der Waals surface area (Å²) in [5.41, 5.74) is 5.20. The predicted octanol–water partition coefficient (Wildman–Crippen LogP) is 2.89. The van der Waals surface area contributed by atoms with E-state index in [2.05, 4.69) is 21.2 Å². The smallest absolute Gasteiger partial charge is 0.336 e. The number of phenolic OH excluding ortho intramolecular Hbond substituents is 1. The van der Waals surface area contributed by atoms with Crippen LogP contribution in [0.1, 0.15) is 16.7 Å². The van der Waals surface area contributed by atoms with Crippen LogP contribution in [-0.2, 0) is 10.2 Å². The van der Waals surface area contributed by atoms with Crippen molar-refractivity contribution >= 4 is 38.5 Å². The van der Waals surface area contributed by atoms with Crippen molar-refractivity contribution in [1.82, 2.24) is 0 Å². The number of ether oxygens (including phenoxy) is 1. The number of nitriles is 1. The number of aryl methyl sites for hydroxylation is 1. The third-order valence-corrected chi connectivity index (χ3v) is 5.95. The summed E-state index contributed by atoms with van der Waals surface area (Å²) in [7, 11) is 0. The molecule has 9 heteroatoms. The quantitative estimate of drug-likeness (QED) is 0.433. The normalized spacial score (nSPS) is 19.3. The maximum Gasteiger partial charge on any atom is 0.336 e. The number of benzene rings is 2. The number of nitrogens with one attached hydrogen (secondary N) is 1. The highest BCUT2D eigenvalue weighted by molar-refractivity contribution is 9.10. The van der Waals surface area contributed by atoms with Crippen molar-refractivity contribution in [2.45, 2.75) is 12.3 Å². The molecule has 1 aromatic heterocycles. The van der Waals surface area contributed by atoms with E-state index < -0.39 is 16.9 Å². The van der Waals surface area contributed by atoms with Crippen molar-refractivity contribution in [3.8, 4) is 17.6 Å². The Labute approximate surface area is 177 Å². The number of rotatable bonds is 0. The van der Waals surface area contributed by atoms with Gasteiger partial charge in [-0.1, -0.05) is 15.9 Å². The molecule has 3 aromatic rings. The molecule has 8 nitrogen and oxygen atoms in total. The Morgan fingerprint density at radius 3 is 2.77 bits per heavy atom. The molecule has 0 bridgehead atoms. The number of nitrogens with zero attached hydrogens (tertiary/aromatic N) is 1. The van der Waals surface area contributed by atoms with Crippen LogP contribution in [0.15, 0.2) is 55.5 Å². The zero-order chi connectivity index (χ0) is 21.4. The van der Waals surface area contributed by atoms with Gasteiger partial charge in [0.25, 0.3) is 0 Å². The minimum absolute atomic E-state index is 0.0609. The Balaban J connectivity index is 2.03. The lowest BCUT2D eigenvalue weighted by atomic mass is 9.68. The maximum atomic E-state index is 13.4. The summed E-state index contributed by atoms with van der Waals surface area (Å²) in [6, 6.07) is 9.63. The van der Waals surface area contributed by atoms with Gasteiger partial charge in [0.15, 0.2) is 0 Å². The van der Waals surface area contributed by atoms with Gasteiger partial charge < -0.3 is 25.3 Å². The van der Waals surface area contributed by atoms with E-state index in [0.29, 0.717) is 26.7 Å². The second-order valence-corrected chi connectivity index (χ2v) is 7.98. The molecule has 5 rings (SSSR count). The molecule has 0 saturated carbocycles. The molecule has 0 aliphatic carbocycles. The van der Waals surface area contributed by atoms with Gasteiger partial charge in [-0.15, -0.1) is 0 Å². The molecule has 1 spiro atoms. The Morgan fingerprint density at radius 2 is 2.03 bits per heavy atom. The lowest BCUT2D eigenvalue weighted by Crippen LogP contribution is -2.42. The molecular weight excluding hydrogens is 454 g/mol. The first-order valence-corrected chi connectivity index (χ1v) is 9.59. The molecule has 0 saturated heterocycles. The van der Waals surface area contributed by atoms with Gasteiger partial charge in [-0.05, 0) is 30.7 Å². The number of phenols is 1. The molecule has 1 unspecified atom stereocenters. The molecule has 0 fully saturated rings. The third kappa shape index (κ3) is 2.08. The number of hydrogen-bond acceptors (Lipinski definition) is 7. The van der Waals surface area contributed by atoms with Gasteiger partial charge in [0.1, 0.15) is 34.1 Å². The average Bonchev–Trinajstić information content (AvgIpc) is 2.93.